The van der Waals surface area contributed by atoms with Crippen LogP contribution in [0, 0.1) is 5.82 Å². The van der Waals surface area contributed by atoms with Crippen LogP contribution in [0.4, 0.5) is 16.2 Å². The minimum absolute atomic E-state index is 0.0298. The topological polar surface area (TPSA) is 165 Å². The lowest BCUT2D eigenvalue weighted by Crippen LogP contribution is -2.38. The van der Waals surface area contributed by atoms with Crippen molar-refractivity contribution in [1.29, 1.82) is 0 Å². The molecular formula is C24H24FN9O4. The van der Waals surface area contributed by atoms with Gasteiger partial charge in [0.15, 0.2) is 5.69 Å². The number of carbonyl (C=O) groups excluding carboxylic acids is 3. The van der Waals surface area contributed by atoms with E-state index in [0.29, 0.717) is 0 Å². The van der Waals surface area contributed by atoms with E-state index in [1.165, 1.54) is 29.1 Å². The number of amides is 3. The number of fused-ring (bicyclic) bond motifs is 1. The number of halogens is 1. The number of aromatic nitrogens is 6. The van der Waals surface area contributed by atoms with Crippen LogP contribution in [-0.2, 0) is 17.8 Å². The number of rotatable bonds is 8. The van der Waals surface area contributed by atoms with Gasteiger partial charge >= 0.3 is 0 Å². The standard InChI is InChI=1S/C24H24FN9O4/c1-4-15-20(22(37)29-13(2)3)33(12-18(35)30-17-7-6-14(25)11-28-17)19-10-16(32-34(19)23(15)38)21(36)31-24-26-8-5-9-27-24/h5-11,13H,4,12H2,1-3H3,(H,29,37)(H,28,30,35)(H,26,27,31,36). The van der Waals surface area contributed by atoms with Crippen LogP contribution in [0.2, 0.25) is 0 Å². The molecule has 4 aromatic heterocycles. The molecule has 4 rings (SSSR count). The molecular weight excluding hydrogens is 497 g/mol. The van der Waals surface area contributed by atoms with E-state index in [2.05, 4.69) is 36.0 Å². The first-order valence-corrected chi connectivity index (χ1v) is 11.6. The number of nitrogens with one attached hydrogen (secondary N) is 3. The predicted molar refractivity (Wildman–Crippen MR) is 134 cm³/mol. The highest BCUT2D eigenvalue weighted by atomic mass is 19.1. The van der Waals surface area contributed by atoms with Crippen molar-refractivity contribution in [2.45, 2.75) is 39.8 Å². The molecule has 14 heteroatoms. The molecule has 0 aromatic carbocycles. The summed E-state index contributed by atoms with van der Waals surface area (Å²) >= 11 is 0. The molecule has 3 amide bonds. The van der Waals surface area contributed by atoms with E-state index in [1.54, 1.807) is 26.8 Å². The average molecular weight is 522 g/mol. The van der Waals surface area contributed by atoms with Gasteiger partial charge in [-0.2, -0.15) is 9.61 Å². The van der Waals surface area contributed by atoms with Crippen molar-refractivity contribution in [3.05, 3.63) is 76.0 Å². The maximum atomic E-state index is 13.3. The molecule has 4 heterocycles. The smallest absolute Gasteiger partial charge is 0.278 e. The monoisotopic (exact) mass is 521 g/mol. The highest BCUT2D eigenvalue weighted by Crippen LogP contribution is 2.15. The summed E-state index contributed by atoms with van der Waals surface area (Å²) in [4.78, 5) is 64.0. The lowest BCUT2D eigenvalue weighted by molar-refractivity contribution is -0.116. The summed E-state index contributed by atoms with van der Waals surface area (Å²) in [5, 5.41) is 11.9. The maximum Gasteiger partial charge on any atom is 0.278 e. The van der Waals surface area contributed by atoms with Crippen molar-refractivity contribution in [2.75, 3.05) is 10.6 Å². The quantitative estimate of drug-likeness (QED) is 0.313. The second-order valence-corrected chi connectivity index (χ2v) is 8.44. The zero-order chi connectivity index (χ0) is 27.4. The second-order valence-electron chi connectivity index (χ2n) is 8.44. The van der Waals surface area contributed by atoms with Gasteiger partial charge in [-0.3, -0.25) is 24.5 Å². The Morgan fingerprint density at radius 2 is 1.79 bits per heavy atom. The van der Waals surface area contributed by atoms with Crippen LogP contribution < -0.4 is 21.5 Å². The van der Waals surface area contributed by atoms with Crippen LogP contribution in [-0.4, -0.2) is 52.9 Å². The second kappa shape index (κ2) is 10.9. The molecule has 0 unspecified atom stereocenters. The summed E-state index contributed by atoms with van der Waals surface area (Å²) < 4.78 is 15.5. The summed E-state index contributed by atoms with van der Waals surface area (Å²) in [5.74, 6) is -2.33. The van der Waals surface area contributed by atoms with Gasteiger partial charge in [0.1, 0.15) is 29.5 Å². The molecule has 0 saturated heterocycles. The van der Waals surface area contributed by atoms with Gasteiger partial charge in [-0.05, 0) is 38.5 Å². The fraction of sp³-hybridized carbons (Fsp3) is 0.250. The summed E-state index contributed by atoms with van der Waals surface area (Å²) in [6, 6.07) is 5.02. The Morgan fingerprint density at radius 1 is 1.05 bits per heavy atom. The Morgan fingerprint density at radius 3 is 2.42 bits per heavy atom. The highest BCUT2D eigenvalue weighted by molar-refractivity contribution is 6.03. The summed E-state index contributed by atoms with van der Waals surface area (Å²) in [7, 11) is 0. The first-order chi connectivity index (χ1) is 18.2. The van der Waals surface area contributed by atoms with Gasteiger partial charge in [0.2, 0.25) is 11.9 Å². The molecule has 0 bridgehead atoms. The van der Waals surface area contributed by atoms with Crippen molar-refractivity contribution < 1.29 is 18.8 Å². The normalized spacial score (nSPS) is 11.0. The van der Waals surface area contributed by atoms with E-state index in [1.807, 2.05) is 0 Å². The molecule has 13 nitrogen and oxygen atoms in total. The van der Waals surface area contributed by atoms with Gasteiger partial charge in [-0.1, -0.05) is 6.92 Å². The summed E-state index contributed by atoms with van der Waals surface area (Å²) in [6.07, 6.45) is 3.98. The Bertz CT molecular complexity index is 1560. The van der Waals surface area contributed by atoms with Crippen LogP contribution in [0.5, 0.6) is 0 Å². The number of hydrogen-bond donors (Lipinski definition) is 3. The van der Waals surface area contributed by atoms with E-state index in [-0.39, 0.29) is 46.8 Å². The van der Waals surface area contributed by atoms with Gasteiger partial charge in [0, 0.05) is 30.1 Å². The predicted octanol–water partition coefficient (Wildman–Crippen LogP) is 1.41. The lowest BCUT2D eigenvalue weighted by Gasteiger charge is -2.19. The molecule has 0 aliphatic carbocycles. The fourth-order valence-electron chi connectivity index (χ4n) is 3.70. The van der Waals surface area contributed by atoms with Crippen LogP contribution in [0.25, 0.3) is 5.65 Å². The van der Waals surface area contributed by atoms with E-state index in [0.717, 1.165) is 16.8 Å². The van der Waals surface area contributed by atoms with Gasteiger partial charge in [-0.25, -0.2) is 19.3 Å². The van der Waals surface area contributed by atoms with Gasteiger partial charge in [-0.15, -0.1) is 0 Å². The summed E-state index contributed by atoms with van der Waals surface area (Å²) in [6.45, 7) is 4.76. The molecule has 196 valence electrons. The van der Waals surface area contributed by atoms with Gasteiger partial charge in [0.05, 0.1) is 6.20 Å². The first-order valence-electron chi connectivity index (χ1n) is 11.6. The molecule has 0 atom stereocenters. The van der Waals surface area contributed by atoms with Crippen molar-refractivity contribution in [3.63, 3.8) is 0 Å². The molecule has 0 radical (unpaired) electrons. The molecule has 0 spiro atoms. The average Bonchev–Trinajstić information content (AvgIpc) is 3.33. The molecule has 4 aromatic rings. The van der Waals surface area contributed by atoms with E-state index in [9.17, 15) is 23.6 Å². The zero-order valence-corrected chi connectivity index (χ0v) is 20.7. The number of nitrogens with zero attached hydrogens (tertiary/aromatic N) is 6. The fourth-order valence-corrected chi connectivity index (χ4v) is 3.70. The van der Waals surface area contributed by atoms with E-state index in [4.69, 9.17) is 0 Å². The minimum atomic E-state index is -0.697. The van der Waals surface area contributed by atoms with E-state index < -0.39 is 35.6 Å². The summed E-state index contributed by atoms with van der Waals surface area (Å²) in [5.41, 5.74) is -0.679. The Hall–Kier alpha value is -5.01. The van der Waals surface area contributed by atoms with Crippen molar-refractivity contribution in [3.8, 4) is 0 Å². The third-order valence-electron chi connectivity index (χ3n) is 5.28. The largest absolute Gasteiger partial charge is 0.349 e. The van der Waals surface area contributed by atoms with Gasteiger partial charge < -0.3 is 15.2 Å². The SMILES string of the molecule is CCc1c(C(=O)NC(C)C)n(CC(=O)Nc2ccc(F)cn2)c2cc(C(=O)Nc3ncccn3)nn2c1=O. The van der Waals surface area contributed by atoms with Crippen LogP contribution in [0.1, 0.15) is 47.3 Å². The molecule has 3 N–H and O–H groups in total. The molecule has 0 aliphatic heterocycles. The zero-order valence-electron chi connectivity index (χ0n) is 20.7. The van der Waals surface area contributed by atoms with Crippen LogP contribution in [0.3, 0.4) is 0 Å². The minimum Gasteiger partial charge on any atom is -0.349 e. The van der Waals surface area contributed by atoms with Crippen molar-refractivity contribution >= 4 is 35.1 Å². The Labute approximate surface area is 215 Å². The molecule has 0 saturated carbocycles. The third-order valence-corrected chi connectivity index (χ3v) is 5.28. The van der Waals surface area contributed by atoms with Crippen LogP contribution >= 0.6 is 0 Å². The van der Waals surface area contributed by atoms with Crippen molar-refractivity contribution in [2.24, 2.45) is 0 Å². The maximum absolute atomic E-state index is 13.3. The van der Waals surface area contributed by atoms with Crippen molar-refractivity contribution in [1.82, 2.24) is 34.4 Å². The first kappa shape index (κ1) is 26.1. The number of pyridine rings is 1. The number of carbonyl (C=O) groups is 3. The van der Waals surface area contributed by atoms with Gasteiger partial charge in [0.25, 0.3) is 17.4 Å². The number of hydrogen-bond acceptors (Lipinski definition) is 8. The van der Waals surface area contributed by atoms with Crippen LogP contribution in [0.15, 0.2) is 47.7 Å². The lowest BCUT2D eigenvalue weighted by atomic mass is 10.1. The third kappa shape index (κ3) is 5.53. The van der Waals surface area contributed by atoms with E-state index >= 15 is 0 Å². The molecule has 38 heavy (non-hydrogen) atoms. The highest BCUT2D eigenvalue weighted by Gasteiger charge is 2.26. The molecule has 0 fully saturated rings. The number of anilines is 2. The Balaban J connectivity index is 1.82. The molecule has 0 aliphatic rings. The Kier molecular flexibility index (Phi) is 7.50.